The van der Waals surface area contributed by atoms with E-state index in [2.05, 4.69) is 10.6 Å². The smallest absolute Gasteiger partial charge is 0.264 e. The van der Waals surface area contributed by atoms with E-state index in [0.717, 1.165) is 24.1 Å². The van der Waals surface area contributed by atoms with Gasteiger partial charge >= 0.3 is 0 Å². The largest absolute Gasteiger partial charge is 0.432 e. The first-order valence-electron chi connectivity index (χ1n) is 17.8. The van der Waals surface area contributed by atoms with Gasteiger partial charge in [-0.1, -0.05) is 19.1 Å². The van der Waals surface area contributed by atoms with Crippen LogP contribution in [0.5, 0.6) is 0 Å². The average Bonchev–Trinajstić information content (AvgIpc) is 3.75. The summed E-state index contributed by atoms with van der Waals surface area (Å²) in [5.41, 5.74) is 1.59. The maximum absolute atomic E-state index is 15.1. The van der Waals surface area contributed by atoms with Crippen LogP contribution in [-0.2, 0) is 36.1 Å². The number of carbonyl (C=O) groups excluding carboxylic acids is 4. The Labute approximate surface area is 293 Å². The molecule has 1 spiro atoms. The molecule has 268 valence electrons. The third-order valence-corrected chi connectivity index (χ3v) is 13.8. The zero-order valence-corrected chi connectivity index (χ0v) is 30.1. The van der Waals surface area contributed by atoms with Crippen LogP contribution in [0.1, 0.15) is 37.3 Å². The summed E-state index contributed by atoms with van der Waals surface area (Å²) in [7, 11) is -3.04. The van der Waals surface area contributed by atoms with Crippen molar-refractivity contribution in [3.63, 3.8) is 0 Å². The van der Waals surface area contributed by atoms with E-state index in [0.29, 0.717) is 49.7 Å². The number of carbonyl (C=O) groups is 4. The SMILES string of the molecule is C[C@@H]1[C@@H]([Si](C)(C)O)[C@H](CC(=O)N2CCC[C@H]2CO)O[C@@]12C(=O)N(Cc1cccc(N3CCNCC3=O)c1)c1ccc(N3CCNCC3=O)cc12. The Kier molecular flexibility index (Phi) is 9.37. The van der Waals surface area contributed by atoms with Gasteiger partial charge in [0.2, 0.25) is 17.7 Å². The van der Waals surface area contributed by atoms with Gasteiger partial charge in [0.15, 0.2) is 13.9 Å². The van der Waals surface area contributed by atoms with Gasteiger partial charge in [0.1, 0.15) is 0 Å². The second-order valence-electron chi connectivity index (χ2n) is 14.8. The molecule has 4 fully saturated rings. The molecule has 13 nitrogen and oxygen atoms in total. The Morgan fingerprint density at radius 1 is 0.980 bits per heavy atom. The van der Waals surface area contributed by atoms with Gasteiger partial charge in [0, 0.05) is 61.1 Å². The van der Waals surface area contributed by atoms with Crippen molar-refractivity contribution in [3.8, 4) is 0 Å². The number of hydrogen-bond acceptors (Lipinski definition) is 9. The normalized spacial score (nSPS) is 28.7. The summed E-state index contributed by atoms with van der Waals surface area (Å²) >= 11 is 0. The van der Waals surface area contributed by atoms with Crippen molar-refractivity contribution in [2.24, 2.45) is 5.92 Å². The number of anilines is 3. The molecule has 0 aromatic heterocycles. The molecule has 5 heterocycles. The predicted molar refractivity (Wildman–Crippen MR) is 190 cm³/mol. The highest BCUT2D eigenvalue weighted by atomic mass is 28.4. The van der Waals surface area contributed by atoms with Crippen LogP contribution in [0.25, 0.3) is 0 Å². The first kappa shape index (κ1) is 34.8. The van der Waals surface area contributed by atoms with Gasteiger partial charge in [-0.25, -0.2) is 0 Å². The molecule has 5 aliphatic rings. The summed E-state index contributed by atoms with van der Waals surface area (Å²) in [5, 5.41) is 16.1. The maximum Gasteiger partial charge on any atom is 0.264 e. The van der Waals surface area contributed by atoms with Crippen LogP contribution in [0.3, 0.4) is 0 Å². The summed E-state index contributed by atoms with van der Waals surface area (Å²) in [6.45, 7) is 9.10. The molecule has 5 aliphatic heterocycles. The lowest BCUT2D eigenvalue weighted by atomic mass is 9.82. The summed E-state index contributed by atoms with van der Waals surface area (Å²) in [6.07, 6.45) is 0.803. The third-order valence-electron chi connectivity index (χ3n) is 11.3. The number of fused-ring (bicyclic) bond motifs is 2. The number of benzene rings is 2. The van der Waals surface area contributed by atoms with Crippen molar-refractivity contribution in [1.82, 2.24) is 15.5 Å². The number of hydrogen-bond donors (Lipinski definition) is 4. The maximum atomic E-state index is 15.1. The number of likely N-dealkylation sites (tertiary alicyclic amines) is 1. The standard InChI is InChI=1S/C36H48N6O7Si/c1-23-34(50(2,3)48)30(18-31(44)39-13-5-8-27(39)22-43)49-36(23)28-17-26(41-15-12-38-20-33(41)46)9-10-29(28)42(35(36)47)21-24-6-4-7-25(16-24)40-14-11-37-19-32(40)45/h4,6-7,9-10,16-17,23,27,30,34,37-38,43,48H,5,8,11-15,18-22H2,1-3H3/t23-,27+,30+,34-,36+/m1/s1. The Bertz CT molecular complexity index is 1680. The topological polar surface area (TPSA) is 155 Å². The molecule has 7 rings (SSSR count). The molecule has 5 atom stereocenters. The number of aliphatic hydroxyl groups is 1. The fourth-order valence-corrected chi connectivity index (χ4v) is 11.6. The first-order chi connectivity index (χ1) is 23.9. The van der Waals surface area contributed by atoms with Crippen molar-refractivity contribution >= 4 is 49.0 Å². The van der Waals surface area contributed by atoms with E-state index in [-0.39, 0.29) is 62.3 Å². The molecule has 0 radical (unpaired) electrons. The van der Waals surface area contributed by atoms with E-state index >= 15 is 4.79 Å². The summed E-state index contributed by atoms with van der Waals surface area (Å²) in [6, 6.07) is 13.0. The fraction of sp³-hybridized carbons (Fsp3) is 0.556. The van der Waals surface area contributed by atoms with E-state index in [1.165, 1.54) is 0 Å². The Morgan fingerprint density at radius 2 is 1.66 bits per heavy atom. The van der Waals surface area contributed by atoms with Crippen LogP contribution >= 0.6 is 0 Å². The second kappa shape index (κ2) is 13.5. The van der Waals surface area contributed by atoms with Crippen LogP contribution in [0, 0.1) is 5.92 Å². The molecule has 50 heavy (non-hydrogen) atoms. The fourth-order valence-electron chi connectivity index (χ4n) is 9.00. The van der Waals surface area contributed by atoms with E-state index in [4.69, 9.17) is 4.74 Å². The van der Waals surface area contributed by atoms with Gasteiger partial charge in [-0.2, -0.15) is 0 Å². The van der Waals surface area contributed by atoms with Crippen molar-refractivity contribution < 1.29 is 33.8 Å². The quantitative estimate of drug-likeness (QED) is 0.298. The lowest BCUT2D eigenvalue weighted by Gasteiger charge is -2.33. The molecule has 0 bridgehead atoms. The molecule has 2 aromatic rings. The first-order valence-corrected chi connectivity index (χ1v) is 20.8. The zero-order valence-electron chi connectivity index (χ0n) is 29.1. The molecule has 14 heteroatoms. The average molecular weight is 705 g/mol. The van der Waals surface area contributed by atoms with Gasteiger partial charge in [0.05, 0.1) is 50.5 Å². The van der Waals surface area contributed by atoms with Gasteiger partial charge in [0.25, 0.3) is 5.91 Å². The number of nitrogens with one attached hydrogen (secondary N) is 2. The molecule has 4 saturated heterocycles. The van der Waals surface area contributed by atoms with Crippen molar-refractivity contribution in [1.29, 1.82) is 0 Å². The summed E-state index contributed by atoms with van der Waals surface area (Å²) in [4.78, 5) is 73.2. The second-order valence-corrected chi connectivity index (χ2v) is 18.8. The monoisotopic (exact) mass is 704 g/mol. The van der Waals surface area contributed by atoms with E-state index in [1.807, 2.05) is 62.5 Å². The molecular weight excluding hydrogens is 657 g/mol. The van der Waals surface area contributed by atoms with Gasteiger partial charge in [-0.15, -0.1) is 0 Å². The lowest BCUT2D eigenvalue weighted by molar-refractivity contribution is -0.150. The van der Waals surface area contributed by atoms with Gasteiger partial charge < -0.3 is 44.9 Å². The zero-order chi connectivity index (χ0) is 35.4. The number of nitrogens with zero attached hydrogens (tertiary/aromatic N) is 4. The number of rotatable bonds is 8. The highest BCUT2D eigenvalue weighted by molar-refractivity contribution is 6.71. The molecule has 4 amide bonds. The van der Waals surface area contributed by atoms with Gasteiger partial charge in [-0.3, -0.25) is 19.2 Å². The lowest BCUT2D eigenvalue weighted by Crippen LogP contribution is -2.48. The van der Waals surface area contributed by atoms with Crippen LogP contribution in [0.4, 0.5) is 17.1 Å². The highest BCUT2D eigenvalue weighted by Crippen LogP contribution is 2.60. The van der Waals surface area contributed by atoms with Crippen LogP contribution in [0.2, 0.25) is 18.6 Å². The molecule has 0 saturated carbocycles. The van der Waals surface area contributed by atoms with Crippen molar-refractivity contribution in [2.45, 2.75) is 69.1 Å². The van der Waals surface area contributed by atoms with E-state index in [1.54, 1.807) is 19.6 Å². The molecular formula is C36H48N6O7Si. The van der Waals surface area contributed by atoms with Gasteiger partial charge in [-0.05, 0) is 61.8 Å². The number of piperazine rings is 2. The highest BCUT2D eigenvalue weighted by Gasteiger charge is 2.66. The molecule has 0 unspecified atom stereocenters. The minimum atomic E-state index is -3.04. The van der Waals surface area contributed by atoms with Crippen molar-refractivity contribution in [3.05, 3.63) is 53.6 Å². The molecule has 4 N–H and O–H groups in total. The molecule has 2 aromatic carbocycles. The number of ether oxygens (including phenoxy) is 1. The number of amides is 4. The molecule has 0 aliphatic carbocycles. The van der Waals surface area contributed by atoms with E-state index in [9.17, 15) is 24.3 Å². The minimum absolute atomic E-state index is 0.0103. The summed E-state index contributed by atoms with van der Waals surface area (Å²) < 4.78 is 6.97. The minimum Gasteiger partial charge on any atom is -0.432 e. The van der Waals surface area contributed by atoms with Crippen molar-refractivity contribution in [2.75, 3.05) is 67.1 Å². The van der Waals surface area contributed by atoms with Crippen LogP contribution in [-0.4, -0.2) is 111 Å². The number of aliphatic hydroxyl groups excluding tert-OH is 1. The Balaban J connectivity index is 1.28. The Morgan fingerprint density at radius 3 is 2.30 bits per heavy atom. The predicted octanol–water partition coefficient (Wildman–Crippen LogP) is 1.28. The van der Waals surface area contributed by atoms with E-state index < -0.39 is 31.5 Å². The third kappa shape index (κ3) is 5.95. The summed E-state index contributed by atoms with van der Waals surface area (Å²) in [5.74, 6) is -1.00. The van der Waals surface area contributed by atoms with Crippen LogP contribution in [0.15, 0.2) is 42.5 Å². The Hall–Kier alpha value is -3.66. The van der Waals surface area contributed by atoms with Crippen LogP contribution < -0.4 is 25.3 Å².